The molecular weight excluding hydrogens is 325 g/mol. The van der Waals surface area contributed by atoms with Gasteiger partial charge in [-0.2, -0.15) is 0 Å². The first kappa shape index (κ1) is 18.2. The van der Waals surface area contributed by atoms with Crippen molar-refractivity contribution in [2.45, 2.75) is 39.0 Å². The second kappa shape index (κ2) is 7.32. The molecular formula is C22H28NOP. The van der Waals surface area contributed by atoms with Crippen LogP contribution in [0.4, 0.5) is 0 Å². The van der Waals surface area contributed by atoms with Gasteiger partial charge in [0.25, 0.3) is 0 Å². The Morgan fingerprint density at radius 3 is 1.56 bits per heavy atom. The molecule has 0 amide bonds. The number of nitrogens with zero attached hydrogens (tertiary/aromatic N) is 1. The molecule has 0 aliphatic carbocycles. The lowest BCUT2D eigenvalue weighted by Gasteiger charge is -2.37. The van der Waals surface area contributed by atoms with Crippen molar-refractivity contribution in [3.05, 3.63) is 82.9 Å². The Labute approximate surface area is 152 Å². The molecule has 1 aliphatic heterocycles. The predicted molar refractivity (Wildman–Crippen MR) is 108 cm³/mol. The average Bonchev–Trinajstić information content (AvgIpc) is 2.95. The lowest BCUT2D eigenvalue weighted by molar-refractivity contribution is 0.435. The smallest absolute Gasteiger partial charge is 0.172 e. The van der Waals surface area contributed by atoms with Crippen LogP contribution in [0.5, 0.6) is 0 Å². The van der Waals surface area contributed by atoms with Crippen molar-refractivity contribution in [1.82, 2.24) is 4.67 Å². The van der Waals surface area contributed by atoms with E-state index in [0.717, 1.165) is 13.1 Å². The maximum Gasteiger partial charge on any atom is 0.172 e. The van der Waals surface area contributed by atoms with Crippen LogP contribution in [0.1, 0.15) is 47.4 Å². The zero-order valence-corrected chi connectivity index (χ0v) is 16.5. The number of aryl methyl sites for hydroxylation is 2. The van der Waals surface area contributed by atoms with E-state index in [1.807, 2.05) is 0 Å². The summed E-state index contributed by atoms with van der Waals surface area (Å²) in [6, 6.07) is 16.8. The molecule has 1 heterocycles. The van der Waals surface area contributed by atoms with Gasteiger partial charge in [0.15, 0.2) is 7.29 Å². The van der Waals surface area contributed by atoms with Crippen LogP contribution in [-0.2, 0) is 4.57 Å². The fraction of sp³-hybridized carbons (Fsp3) is 0.364. The van der Waals surface area contributed by atoms with Crippen LogP contribution < -0.4 is 0 Å². The van der Waals surface area contributed by atoms with Gasteiger partial charge in [-0.15, -0.1) is 0 Å². The van der Waals surface area contributed by atoms with Gasteiger partial charge in [0, 0.05) is 13.1 Å². The number of rotatable bonds is 5. The second-order valence-corrected chi connectivity index (χ2v) is 9.82. The Morgan fingerprint density at radius 1 is 0.800 bits per heavy atom. The second-order valence-electron chi connectivity index (χ2n) is 6.80. The first-order chi connectivity index (χ1) is 12.0. The third kappa shape index (κ3) is 3.03. The summed E-state index contributed by atoms with van der Waals surface area (Å²) < 4.78 is 16.8. The van der Waals surface area contributed by atoms with E-state index in [-0.39, 0.29) is 11.3 Å². The highest BCUT2D eigenvalue weighted by Gasteiger charge is 2.48. The van der Waals surface area contributed by atoms with Crippen LogP contribution in [0, 0.1) is 13.8 Å². The molecule has 132 valence electrons. The summed E-state index contributed by atoms with van der Waals surface area (Å²) in [6.07, 6.45) is 4.39. The van der Waals surface area contributed by atoms with E-state index in [4.69, 9.17) is 0 Å². The van der Waals surface area contributed by atoms with Crippen LogP contribution in [0.15, 0.2) is 60.7 Å². The topological polar surface area (TPSA) is 20.3 Å². The normalized spacial score (nSPS) is 25.6. The van der Waals surface area contributed by atoms with E-state index < -0.39 is 7.29 Å². The molecule has 0 saturated heterocycles. The van der Waals surface area contributed by atoms with Crippen molar-refractivity contribution in [3.8, 4) is 0 Å². The van der Waals surface area contributed by atoms with Gasteiger partial charge in [-0.25, -0.2) is 0 Å². The quantitative estimate of drug-likeness (QED) is 0.466. The predicted octanol–water partition coefficient (Wildman–Crippen LogP) is 6.28. The maximum absolute atomic E-state index is 14.6. The van der Waals surface area contributed by atoms with Crippen molar-refractivity contribution >= 4 is 7.29 Å². The summed E-state index contributed by atoms with van der Waals surface area (Å²) in [5.41, 5.74) is 4.77. The highest BCUT2D eigenvalue weighted by atomic mass is 31.2. The molecule has 2 aromatic rings. The largest absolute Gasteiger partial charge is 0.305 e. The van der Waals surface area contributed by atoms with E-state index in [0.29, 0.717) is 0 Å². The highest BCUT2D eigenvalue weighted by molar-refractivity contribution is 7.63. The summed E-state index contributed by atoms with van der Waals surface area (Å²) in [4.78, 5) is 0. The third-order valence-corrected chi connectivity index (χ3v) is 9.40. The molecule has 0 spiro atoms. The summed E-state index contributed by atoms with van der Waals surface area (Å²) >= 11 is 0. The Balaban J connectivity index is 2.16. The number of allylic oxidation sites excluding steroid dienone is 2. The minimum Gasteiger partial charge on any atom is -0.305 e. The van der Waals surface area contributed by atoms with E-state index in [1.54, 1.807) is 0 Å². The summed E-state index contributed by atoms with van der Waals surface area (Å²) in [5, 5.41) is 0. The van der Waals surface area contributed by atoms with Gasteiger partial charge >= 0.3 is 0 Å². The van der Waals surface area contributed by atoms with Gasteiger partial charge in [0.05, 0.1) is 11.3 Å². The zero-order valence-electron chi connectivity index (χ0n) is 15.6. The summed E-state index contributed by atoms with van der Waals surface area (Å²) in [5.74, 6) is 0. The van der Waals surface area contributed by atoms with E-state index >= 15 is 0 Å². The van der Waals surface area contributed by atoms with Crippen LogP contribution in [0.25, 0.3) is 0 Å². The van der Waals surface area contributed by atoms with Gasteiger partial charge in [0.1, 0.15) is 0 Å². The molecule has 0 radical (unpaired) electrons. The van der Waals surface area contributed by atoms with Crippen molar-refractivity contribution in [2.24, 2.45) is 0 Å². The van der Waals surface area contributed by atoms with Crippen LogP contribution in [0.2, 0.25) is 0 Å². The van der Waals surface area contributed by atoms with Crippen molar-refractivity contribution in [3.63, 3.8) is 0 Å². The zero-order chi connectivity index (χ0) is 18.0. The van der Waals surface area contributed by atoms with Crippen LogP contribution in [-0.4, -0.2) is 17.8 Å². The van der Waals surface area contributed by atoms with Crippen LogP contribution >= 0.6 is 7.29 Å². The molecule has 3 rings (SSSR count). The third-order valence-electron chi connectivity index (χ3n) is 5.46. The molecule has 25 heavy (non-hydrogen) atoms. The SMILES string of the molecule is CCN(CC)P1(=O)[C@@H](c2ccccc2C)C=C[C@H]1c1ccccc1C. The first-order valence-electron chi connectivity index (χ1n) is 9.18. The Morgan fingerprint density at radius 2 is 1.20 bits per heavy atom. The summed E-state index contributed by atoms with van der Waals surface area (Å²) in [7, 11) is -2.68. The van der Waals surface area contributed by atoms with E-state index in [9.17, 15) is 4.57 Å². The highest BCUT2D eigenvalue weighted by Crippen LogP contribution is 2.75. The monoisotopic (exact) mass is 353 g/mol. The minimum absolute atomic E-state index is 0.0294. The molecule has 0 bridgehead atoms. The fourth-order valence-corrected chi connectivity index (χ4v) is 8.09. The molecule has 2 aromatic carbocycles. The number of hydrogen-bond acceptors (Lipinski definition) is 1. The molecule has 3 heteroatoms. The fourth-order valence-electron chi connectivity index (χ4n) is 4.09. The molecule has 1 aliphatic rings. The Kier molecular flexibility index (Phi) is 5.32. The standard InChI is InChI=1S/C22H28NOP/c1-5-23(6-2)25(24)21(19-13-9-7-11-17(19)3)15-16-22(25)20-14-10-8-12-18(20)4/h7-16,21-22H,5-6H2,1-4H3/t21-,22+,25?. The number of hydrogen-bond donors (Lipinski definition) is 0. The lowest BCUT2D eigenvalue weighted by atomic mass is 10.0. The van der Waals surface area contributed by atoms with Gasteiger partial charge in [-0.3, -0.25) is 4.67 Å². The van der Waals surface area contributed by atoms with Crippen molar-refractivity contribution in [2.75, 3.05) is 13.1 Å². The Hall–Kier alpha value is -1.63. The molecule has 1 unspecified atom stereocenters. The van der Waals surface area contributed by atoms with Gasteiger partial charge in [0.2, 0.25) is 0 Å². The molecule has 0 saturated carbocycles. The molecule has 0 aromatic heterocycles. The maximum atomic E-state index is 14.6. The number of benzene rings is 2. The van der Waals surface area contributed by atoms with Gasteiger partial charge in [-0.1, -0.05) is 74.5 Å². The van der Waals surface area contributed by atoms with E-state index in [2.05, 4.69) is 93.0 Å². The first-order valence-corrected chi connectivity index (χ1v) is 11.0. The minimum atomic E-state index is -2.68. The van der Waals surface area contributed by atoms with Crippen molar-refractivity contribution < 1.29 is 4.57 Å². The van der Waals surface area contributed by atoms with Gasteiger partial charge < -0.3 is 4.57 Å². The van der Waals surface area contributed by atoms with E-state index in [1.165, 1.54) is 22.3 Å². The molecule has 3 atom stereocenters. The molecule has 2 nitrogen and oxygen atoms in total. The lowest BCUT2D eigenvalue weighted by Crippen LogP contribution is -2.24. The van der Waals surface area contributed by atoms with Crippen LogP contribution in [0.3, 0.4) is 0 Å². The van der Waals surface area contributed by atoms with Crippen molar-refractivity contribution in [1.29, 1.82) is 0 Å². The molecule has 0 N–H and O–H groups in total. The van der Waals surface area contributed by atoms with Gasteiger partial charge in [-0.05, 0) is 36.1 Å². The summed E-state index contributed by atoms with van der Waals surface area (Å²) in [6.45, 7) is 10.1. The Bertz CT molecular complexity index is 763. The average molecular weight is 353 g/mol. The molecule has 0 fully saturated rings.